The third-order valence-electron chi connectivity index (χ3n) is 4.19. The number of benzene rings is 1. The molecule has 0 saturated carbocycles. The molecule has 1 aromatic carbocycles. The lowest BCUT2D eigenvalue weighted by Gasteiger charge is -2.28. The second-order valence-corrected chi connectivity index (χ2v) is 5.83. The molecule has 0 bridgehead atoms. The van der Waals surface area contributed by atoms with Gasteiger partial charge in [-0.05, 0) is 30.9 Å². The first-order valence-corrected chi connectivity index (χ1v) is 8.63. The maximum absolute atomic E-state index is 12.6. The van der Waals surface area contributed by atoms with Crippen LogP contribution in [0.4, 0.5) is 0 Å². The van der Waals surface area contributed by atoms with Crippen molar-refractivity contribution in [3.63, 3.8) is 0 Å². The molecule has 1 heterocycles. The van der Waals surface area contributed by atoms with E-state index < -0.39 is 11.9 Å². The summed E-state index contributed by atoms with van der Waals surface area (Å²) in [5, 5.41) is 9.60. The topological polar surface area (TPSA) is 85.3 Å². The van der Waals surface area contributed by atoms with Gasteiger partial charge in [0.1, 0.15) is 17.4 Å². The Bertz CT molecular complexity index is 739. The fourth-order valence-corrected chi connectivity index (χ4v) is 2.94. The Hall–Kier alpha value is -2.74. The molecule has 0 aromatic heterocycles. The number of nitrogens with two attached hydrogens (primary N) is 1. The molecule has 0 spiro atoms. The van der Waals surface area contributed by atoms with Crippen LogP contribution in [0.25, 0.3) is 0 Å². The third kappa shape index (κ3) is 3.85. The lowest BCUT2D eigenvalue weighted by atomic mass is 9.82. The summed E-state index contributed by atoms with van der Waals surface area (Å²) in [5.41, 5.74) is 8.61. The molecular weight excluding hydrogens is 316 g/mol. The van der Waals surface area contributed by atoms with Crippen molar-refractivity contribution < 1.29 is 14.3 Å². The maximum atomic E-state index is 12.6. The molecule has 1 atom stereocenters. The van der Waals surface area contributed by atoms with E-state index in [0.717, 1.165) is 18.4 Å². The fourth-order valence-electron chi connectivity index (χ4n) is 2.94. The molecule has 0 radical (unpaired) electrons. The number of hydrogen-bond donors (Lipinski definition) is 1. The second kappa shape index (κ2) is 8.39. The smallest absolute Gasteiger partial charge is 0.338 e. The van der Waals surface area contributed by atoms with Gasteiger partial charge in [-0.2, -0.15) is 5.26 Å². The molecule has 0 unspecified atom stereocenters. The lowest BCUT2D eigenvalue weighted by Crippen LogP contribution is -2.26. The minimum atomic E-state index is -0.565. The summed E-state index contributed by atoms with van der Waals surface area (Å²) in [4.78, 5) is 12.6. The predicted molar refractivity (Wildman–Crippen MR) is 95.0 cm³/mol. The number of nitriles is 1. The molecule has 1 aliphatic heterocycles. The van der Waals surface area contributed by atoms with Crippen molar-refractivity contribution in [3.8, 4) is 6.07 Å². The van der Waals surface area contributed by atoms with Crippen LogP contribution in [-0.2, 0) is 20.7 Å². The number of rotatable bonds is 6. The van der Waals surface area contributed by atoms with Gasteiger partial charge in [0.05, 0.1) is 18.1 Å². The Morgan fingerprint density at radius 2 is 1.96 bits per heavy atom. The standard InChI is InChI=1S/C20H24N2O3/c1-4-7-16-18(20(23)24-6-3)17(15(12-21)19(22)25-16)14-10-8-13(5-2)9-11-14/h8-11,17H,4-7,22H2,1-3H3/t17-/m0/s1. The van der Waals surface area contributed by atoms with E-state index in [1.165, 1.54) is 5.56 Å². The van der Waals surface area contributed by atoms with Gasteiger partial charge in [0.2, 0.25) is 5.88 Å². The number of carbonyl (C=O) groups is 1. The molecule has 2 rings (SSSR count). The van der Waals surface area contributed by atoms with Crippen molar-refractivity contribution in [1.82, 2.24) is 0 Å². The van der Waals surface area contributed by atoms with Crippen LogP contribution in [0, 0.1) is 11.3 Å². The van der Waals surface area contributed by atoms with Crippen LogP contribution in [0.2, 0.25) is 0 Å². The summed E-state index contributed by atoms with van der Waals surface area (Å²) in [7, 11) is 0. The lowest BCUT2D eigenvalue weighted by molar-refractivity contribution is -0.139. The van der Waals surface area contributed by atoms with Crippen molar-refractivity contribution in [2.75, 3.05) is 6.61 Å². The first-order valence-electron chi connectivity index (χ1n) is 8.63. The summed E-state index contributed by atoms with van der Waals surface area (Å²) in [6, 6.07) is 9.97. The van der Waals surface area contributed by atoms with E-state index in [-0.39, 0.29) is 18.1 Å². The number of hydrogen-bond acceptors (Lipinski definition) is 5. The van der Waals surface area contributed by atoms with Gasteiger partial charge in [0, 0.05) is 6.42 Å². The van der Waals surface area contributed by atoms with Crippen LogP contribution in [0.3, 0.4) is 0 Å². The number of ether oxygens (including phenoxy) is 2. The molecule has 25 heavy (non-hydrogen) atoms. The van der Waals surface area contributed by atoms with E-state index >= 15 is 0 Å². The van der Waals surface area contributed by atoms with Crippen molar-refractivity contribution in [1.29, 1.82) is 5.26 Å². The molecule has 1 aliphatic rings. The van der Waals surface area contributed by atoms with Gasteiger partial charge in [0.25, 0.3) is 0 Å². The summed E-state index contributed by atoms with van der Waals surface area (Å²) in [6.07, 6.45) is 2.25. The van der Waals surface area contributed by atoms with Crippen molar-refractivity contribution >= 4 is 5.97 Å². The zero-order chi connectivity index (χ0) is 18.4. The Morgan fingerprint density at radius 3 is 2.48 bits per heavy atom. The minimum absolute atomic E-state index is 0.0589. The molecule has 1 aromatic rings. The zero-order valence-corrected chi connectivity index (χ0v) is 15.0. The SMILES string of the molecule is CCCC1=C(C(=O)OCC)[C@@H](c2ccc(CC)cc2)C(C#N)=C(N)O1. The minimum Gasteiger partial charge on any atom is -0.463 e. The summed E-state index contributed by atoms with van der Waals surface area (Å²) in [5.74, 6) is -0.480. The van der Waals surface area contributed by atoms with E-state index in [4.69, 9.17) is 15.2 Å². The molecule has 2 N–H and O–H groups in total. The molecule has 5 nitrogen and oxygen atoms in total. The van der Waals surface area contributed by atoms with E-state index in [1.807, 2.05) is 31.2 Å². The van der Waals surface area contributed by atoms with Crippen molar-refractivity contribution in [2.45, 2.75) is 46.0 Å². The van der Waals surface area contributed by atoms with E-state index in [2.05, 4.69) is 13.0 Å². The van der Waals surface area contributed by atoms with E-state index in [0.29, 0.717) is 17.8 Å². The Morgan fingerprint density at radius 1 is 1.28 bits per heavy atom. The highest BCUT2D eigenvalue weighted by Gasteiger charge is 2.37. The normalized spacial score (nSPS) is 17.1. The Kier molecular flexibility index (Phi) is 6.24. The number of aryl methyl sites for hydroxylation is 1. The quantitative estimate of drug-likeness (QED) is 0.799. The highest BCUT2D eigenvalue weighted by atomic mass is 16.5. The van der Waals surface area contributed by atoms with Gasteiger partial charge in [-0.25, -0.2) is 4.79 Å². The molecule has 0 amide bonds. The highest BCUT2D eigenvalue weighted by Crippen LogP contribution is 2.40. The molecule has 0 saturated heterocycles. The van der Waals surface area contributed by atoms with Crippen LogP contribution in [-0.4, -0.2) is 12.6 Å². The third-order valence-corrected chi connectivity index (χ3v) is 4.19. The number of nitrogens with zero attached hydrogens (tertiary/aromatic N) is 1. The first-order chi connectivity index (χ1) is 12.1. The van der Waals surface area contributed by atoms with E-state index in [9.17, 15) is 10.1 Å². The first kappa shape index (κ1) is 18.6. The van der Waals surface area contributed by atoms with Crippen molar-refractivity contribution in [2.24, 2.45) is 5.73 Å². The number of esters is 1. The average Bonchev–Trinajstić information content (AvgIpc) is 2.61. The second-order valence-electron chi connectivity index (χ2n) is 5.83. The molecule has 0 fully saturated rings. The maximum Gasteiger partial charge on any atom is 0.338 e. The molecule has 132 valence electrons. The average molecular weight is 340 g/mol. The van der Waals surface area contributed by atoms with Gasteiger partial charge in [-0.15, -0.1) is 0 Å². The molecular formula is C20H24N2O3. The van der Waals surface area contributed by atoms with Gasteiger partial charge >= 0.3 is 5.97 Å². The zero-order valence-electron chi connectivity index (χ0n) is 15.0. The van der Waals surface area contributed by atoms with Crippen LogP contribution in [0.5, 0.6) is 0 Å². The highest BCUT2D eigenvalue weighted by molar-refractivity contribution is 5.92. The van der Waals surface area contributed by atoms with Crippen LogP contribution >= 0.6 is 0 Å². The van der Waals surface area contributed by atoms with E-state index in [1.54, 1.807) is 6.92 Å². The van der Waals surface area contributed by atoms with Gasteiger partial charge in [-0.3, -0.25) is 0 Å². The monoisotopic (exact) mass is 340 g/mol. The largest absolute Gasteiger partial charge is 0.463 e. The van der Waals surface area contributed by atoms with Crippen LogP contribution in [0.1, 0.15) is 50.7 Å². The Labute approximate surface area is 148 Å². The fraction of sp³-hybridized carbons (Fsp3) is 0.400. The number of allylic oxidation sites excluding steroid dienone is 2. The van der Waals surface area contributed by atoms with Crippen LogP contribution < -0.4 is 5.73 Å². The van der Waals surface area contributed by atoms with Gasteiger partial charge in [0.15, 0.2) is 0 Å². The van der Waals surface area contributed by atoms with Gasteiger partial charge in [-0.1, -0.05) is 38.1 Å². The summed E-state index contributed by atoms with van der Waals surface area (Å²) in [6.45, 7) is 6.07. The number of carbonyl (C=O) groups excluding carboxylic acids is 1. The summed E-state index contributed by atoms with van der Waals surface area (Å²) < 4.78 is 10.9. The molecule has 5 heteroatoms. The molecule has 0 aliphatic carbocycles. The van der Waals surface area contributed by atoms with Crippen molar-refractivity contribution in [3.05, 3.63) is 58.2 Å². The Balaban J connectivity index is 2.61. The van der Waals surface area contributed by atoms with Crippen LogP contribution in [0.15, 0.2) is 47.1 Å². The van der Waals surface area contributed by atoms with Gasteiger partial charge < -0.3 is 15.2 Å². The summed E-state index contributed by atoms with van der Waals surface area (Å²) >= 11 is 0. The predicted octanol–water partition coefficient (Wildman–Crippen LogP) is 3.67.